The smallest absolute Gasteiger partial charge is 0.138 e. The van der Waals surface area contributed by atoms with Crippen LogP contribution in [-0.2, 0) is 6.54 Å². The first kappa shape index (κ1) is 13.7. The molecule has 1 fully saturated rings. The molecule has 0 aliphatic heterocycles. The van der Waals surface area contributed by atoms with Crippen LogP contribution in [-0.4, -0.2) is 11.7 Å². The molecule has 0 aromatic heterocycles. The standard InChI is InChI=1S/C15H22ClNO/c16-14-9-3-8-13(15(14)18)11-17-10-4-7-12-5-1-2-6-12/h3,8-9,12,17-18H,1-2,4-7,10-11H2. The number of benzene rings is 1. The van der Waals surface area contributed by atoms with Crippen LogP contribution in [0, 0.1) is 5.92 Å². The molecule has 1 saturated carbocycles. The van der Waals surface area contributed by atoms with E-state index >= 15 is 0 Å². The number of para-hydroxylation sites is 1. The summed E-state index contributed by atoms with van der Waals surface area (Å²) in [6, 6.07) is 5.49. The van der Waals surface area contributed by atoms with Gasteiger partial charge in [-0.1, -0.05) is 49.4 Å². The Labute approximate surface area is 114 Å². The first-order valence-corrected chi connectivity index (χ1v) is 7.32. The van der Waals surface area contributed by atoms with E-state index in [2.05, 4.69) is 5.32 Å². The van der Waals surface area contributed by atoms with E-state index in [0.717, 1.165) is 18.0 Å². The molecule has 2 nitrogen and oxygen atoms in total. The highest BCUT2D eigenvalue weighted by Gasteiger charge is 2.13. The monoisotopic (exact) mass is 267 g/mol. The highest BCUT2D eigenvalue weighted by atomic mass is 35.5. The molecule has 2 rings (SSSR count). The van der Waals surface area contributed by atoms with Crippen molar-refractivity contribution in [1.82, 2.24) is 5.32 Å². The van der Waals surface area contributed by atoms with E-state index in [-0.39, 0.29) is 5.75 Å². The molecule has 0 radical (unpaired) electrons. The van der Waals surface area contributed by atoms with Gasteiger partial charge >= 0.3 is 0 Å². The molecule has 100 valence electrons. The topological polar surface area (TPSA) is 32.3 Å². The number of hydrogen-bond acceptors (Lipinski definition) is 2. The summed E-state index contributed by atoms with van der Waals surface area (Å²) >= 11 is 5.86. The SMILES string of the molecule is Oc1c(Cl)cccc1CNCCCC1CCCC1. The van der Waals surface area contributed by atoms with Crippen LogP contribution in [0.1, 0.15) is 44.1 Å². The maximum atomic E-state index is 9.75. The Balaban J connectivity index is 1.64. The first-order chi connectivity index (χ1) is 8.77. The molecule has 18 heavy (non-hydrogen) atoms. The van der Waals surface area contributed by atoms with Gasteiger partial charge in [-0.25, -0.2) is 0 Å². The van der Waals surface area contributed by atoms with Crippen molar-refractivity contribution in [2.45, 2.75) is 45.1 Å². The Morgan fingerprint density at radius 3 is 2.83 bits per heavy atom. The Bertz CT molecular complexity index is 375. The second-order valence-electron chi connectivity index (χ2n) is 5.22. The van der Waals surface area contributed by atoms with E-state index in [0.29, 0.717) is 11.6 Å². The number of phenols is 1. The normalized spacial score (nSPS) is 16.3. The highest BCUT2D eigenvalue weighted by Crippen LogP contribution is 2.28. The number of rotatable bonds is 6. The lowest BCUT2D eigenvalue weighted by atomic mass is 10.0. The van der Waals surface area contributed by atoms with Crippen LogP contribution < -0.4 is 5.32 Å². The lowest BCUT2D eigenvalue weighted by Crippen LogP contribution is -2.15. The van der Waals surface area contributed by atoms with Gasteiger partial charge in [0.1, 0.15) is 5.75 Å². The van der Waals surface area contributed by atoms with Crippen LogP contribution >= 0.6 is 11.6 Å². The fourth-order valence-corrected chi connectivity index (χ4v) is 2.93. The van der Waals surface area contributed by atoms with E-state index in [1.54, 1.807) is 6.07 Å². The molecule has 0 spiro atoms. The van der Waals surface area contributed by atoms with Gasteiger partial charge in [0.2, 0.25) is 0 Å². The van der Waals surface area contributed by atoms with Gasteiger partial charge < -0.3 is 10.4 Å². The average Bonchev–Trinajstić information content (AvgIpc) is 2.87. The van der Waals surface area contributed by atoms with E-state index in [4.69, 9.17) is 11.6 Å². The Kier molecular flexibility index (Phi) is 5.33. The molecular weight excluding hydrogens is 246 g/mol. The van der Waals surface area contributed by atoms with Crippen LogP contribution in [0.25, 0.3) is 0 Å². The number of aromatic hydroxyl groups is 1. The van der Waals surface area contributed by atoms with Crippen LogP contribution in [0.3, 0.4) is 0 Å². The molecular formula is C15H22ClNO. The molecule has 0 atom stereocenters. The summed E-state index contributed by atoms with van der Waals surface area (Å²) in [6.45, 7) is 1.71. The van der Waals surface area contributed by atoms with Crippen molar-refractivity contribution in [3.8, 4) is 5.75 Å². The Morgan fingerprint density at radius 1 is 1.28 bits per heavy atom. The van der Waals surface area contributed by atoms with Gasteiger partial charge in [0.15, 0.2) is 0 Å². The molecule has 0 saturated heterocycles. The molecule has 0 unspecified atom stereocenters. The van der Waals surface area contributed by atoms with Crippen LogP contribution in [0.4, 0.5) is 0 Å². The molecule has 3 heteroatoms. The van der Waals surface area contributed by atoms with E-state index in [1.807, 2.05) is 12.1 Å². The third-order valence-electron chi connectivity index (χ3n) is 3.83. The van der Waals surface area contributed by atoms with Gasteiger partial charge in [0.25, 0.3) is 0 Å². The summed E-state index contributed by atoms with van der Waals surface area (Å²) < 4.78 is 0. The van der Waals surface area contributed by atoms with Crippen LogP contribution in [0.5, 0.6) is 5.75 Å². The minimum Gasteiger partial charge on any atom is -0.506 e. The minimum absolute atomic E-state index is 0.211. The molecule has 0 heterocycles. The molecule has 0 amide bonds. The second kappa shape index (κ2) is 7.01. The zero-order chi connectivity index (χ0) is 12.8. The number of hydrogen-bond donors (Lipinski definition) is 2. The number of phenolic OH excluding ortho intramolecular Hbond substituents is 1. The van der Waals surface area contributed by atoms with Gasteiger partial charge in [-0.3, -0.25) is 0 Å². The maximum Gasteiger partial charge on any atom is 0.138 e. The first-order valence-electron chi connectivity index (χ1n) is 6.94. The van der Waals surface area contributed by atoms with Gasteiger partial charge in [0.05, 0.1) is 5.02 Å². The third kappa shape index (κ3) is 3.89. The van der Waals surface area contributed by atoms with Crippen molar-refractivity contribution in [3.05, 3.63) is 28.8 Å². The van der Waals surface area contributed by atoms with Crippen molar-refractivity contribution < 1.29 is 5.11 Å². The Hall–Kier alpha value is -0.730. The zero-order valence-corrected chi connectivity index (χ0v) is 11.5. The van der Waals surface area contributed by atoms with Crippen molar-refractivity contribution >= 4 is 11.6 Å². The van der Waals surface area contributed by atoms with Gasteiger partial charge in [-0.05, 0) is 31.4 Å². The molecule has 1 aromatic rings. The van der Waals surface area contributed by atoms with Crippen molar-refractivity contribution in [3.63, 3.8) is 0 Å². The Morgan fingerprint density at radius 2 is 2.06 bits per heavy atom. The van der Waals surface area contributed by atoms with Crippen LogP contribution in [0.2, 0.25) is 5.02 Å². The predicted octanol–water partition coefficient (Wildman–Crippen LogP) is 4.11. The maximum absolute atomic E-state index is 9.75. The van der Waals surface area contributed by atoms with Crippen molar-refractivity contribution in [2.24, 2.45) is 5.92 Å². The summed E-state index contributed by atoms with van der Waals surface area (Å²) in [6.07, 6.45) is 8.27. The minimum atomic E-state index is 0.211. The fraction of sp³-hybridized carbons (Fsp3) is 0.600. The van der Waals surface area contributed by atoms with E-state index in [9.17, 15) is 5.11 Å². The van der Waals surface area contributed by atoms with Crippen molar-refractivity contribution in [2.75, 3.05) is 6.54 Å². The summed E-state index contributed by atoms with van der Waals surface area (Å²) in [5.41, 5.74) is 0.878. The van der Waals surface area contributed by atoms with E-state index in [1.165, 1.54) is 38.5 Å². The molecule has 1 aliphatic carbocycles. The van der Waals surface area contributed by atoms with E-state index < -0.39 is 0 Å². The van der Waals surface area contributed by atoms with Gasteiger partial charge in [-0.2, -0.15) is 0 Å². The quantitative estimate of drug-likeness (QED) is 0.761. The summed E-state index contributed by atoms with van der Waals surface area (Å²) in [4.78, 5) is 0. The third-order valence-corrected chi connectivity index (χ3v) is 4.13. The van der Waals surface area contributed by atoms with Gasteiger partial charge in [-0.15, -0.1) is 0 Å². The second-order valence-corrected chi connectivity index (χ2v) is 5.62. The molecule has 2 N–H and O–H groups in total. The van der Waals surface area contributed by atoms with Gasteiger partial charge in [0, 0.05) is 12.1 Å². The largest absolute Gasteiger partial charge is 0.506 e. The number of nitrogens with one attached hydrogen (secondary N) is 1. The van der Waals surface area contributed by atoms with Crippen LogP contribution in [0.15, 0.2) is 18.2 Å². The molecule has 1 aromatic carbocycles. The fourth-order valence-electron chi connectivity index (χ4n) is 2.74. The molecule has 1 aliphatic rings. The lowest BCUT2D eigenvalue weighted by Gasteiger charge is -2.10. The van der Waals surface area contributed by atoms with Crippen molar-refractivity contribution in [1.29, 1.82) is 0 Å². The zero-order valence-electron chi connectivity index (χ0n) is 10.8. The summed E-state index contributed by atoms with van der Waals surface area (Å²) in [5.74, 6) is 1.17. The summed E-state index contributed by atoms with van der Waals surface area (Å²) in [7, 11) is 0. The highest BCUT2D eigenvalue weighted by molar-refractivity contribution is 6.32. The summed E-state index contributed by atoms with van der Waals surface area (Å²) in [5, 5.41) is 13.6. The average molecular weight is 268 g/mol. The molecule has 0 bridgehead atoms. The number of halogens is 1. The lowest BCUT2D eigenvalue weighted by molar-refractivity contribution is 0.455. The predicted molar refractivity (Wildman–Crippen MR) is 76.0 cm³/mol.